The molecule has 3 rings (SSSR count). The van der Waals surface area contributed by atoms with Gasteiger partial charge in [0, 0.05) is 19.3 Å². The van der Waals surface area contributed by atoms with Crippen molar-refractivity contribution in [1.29, 1.82) is 0 Å². The van der Waals surface area contributed by atoms with Crippen LogP contribution >= 0.6 is 0 Å². The number of hydrogen-bond acceptors (Lipinski definition) is 5. The predicted octanol–water partition coefficient (Wildman–Crippen LogP) is 1.55. The number of pyridine rings is 1. The van der Waals surface area contributed by atoms with E-state index in [9.17, 15) is 0 Å². The third kappa shape index (κ3) is 4.28. The minimum Gasteiger partial charge on any atom is -0.492 e. The van der Waals surface area contributed by atoms with Crippen molar-refractivity contribution in [2.75, 3.05) is 27.0 Å². The fourth-order valence-electron chi connectivity index (χ4n) is 2.20. The number of benzene rings is 1. The average Bonchev–Trinajstić information content (AvgIpc) is 3.10. The van der Waals surface area contributed by atoms with E-state index in [1.165, 1.54) is 0 Å². The van der Waals surface area contributed by atoms with E-state index in [1.54, 1.807) is 13.2 Å². The van der Waals surface area contributed by atoms with Crippen LogP contribution in [0.15, 0.2) is 47.6 Å². The molecule has 0 aliphatic carbocycles. The molecule has 0 saturated heterocycles. The lowest BCUT2D eigenvalue weighted by Crippen LogP contribution is -2.39. The molecule has 1 aliphatic heterocycles. The van der Waals surface area contributed by atoms with Crippen molar-refractivity contribution >= 4 is 5.96 Å². The van der Waals surface area contributed by atoms with Gasteiger partial charge in [-0.25, -0.2) is 0 Å². The first-order chi connectivity index (χ1) is 11.8. The van der Waals surface area contributed by atoms with Crippen LogP contribution in [0.3, 0.4) is 0 Å². The van der Waals surface area contributed by atoms with E-state index in [1.807, 2.05) is 36.4 Å². The second-order valence-electron chi connectivity index (χ2n) is 5.04. The van der Waals surface area contributed by atoms with Gasteiger partial charge in [-0.2, -0.15) is 0 Å². The Bertz CT molecular complexity index is 691. The monoisotopic (exact) mass is 328 g/mol. The molecule has 0 amide bonds. The minimum absolute atomic E-state index is 0.263. The van der Waals surface area contributed by atoms with Crippen molar-refractivity contribution < 1.29 is 14.2 Å². The van der Waals surface area contributed by atoms with Gasteiger partial charge in [-0.1, -0.05) is 6.07 Å². The number of aliphatic imine (C=N–C) groups is 1. The smallest absolute Gasteiger partial charge is 0.231 e. The molecule has 0 spiro atoms. The van der Waals surface area contributed by atoms with Gasteiger partial charge in [0.15, 0.2) is 17.5 Å². The topological polar surface area (TPSA) is 77.0 Å². The number of aromatic nitrogens is 1. The molecular formula is C17H20N4O3. The Morgan fingerprint density at radius 2 is 2.12 bits per heavy atom. The van der Waals surface area contributed by atoms with Crippen LogP contribution < -0.4 is 24.8 Å². The Balaban J connectivity index is 1.38. The fraction of sp³-hybridized carbons (Fsp3) is 0.294. The summed E-state index contributed by atoms with van der Waals surface area (Å²) < 4.78 is 16.3. The number of ether oxygens (including phenoxy) is 3. The maximum atomic E-state index is 5.70. The Hall–Kier alpha value is -2.96. The highest BCUT2D eigenvalue weighted by atomic mass is 16.7. The zero-order chi connectivity index (χ0) is 16.6. The molecule has 0 saturated carbocycles. The second kappa shape index (κ2) is 8.05. The van der Waals surface area contributed by atoms with Crippen LogP contribution in [0.1, 0.15) is 5.69 Å². The van der Waals surface area contributed by atoms with E-state index < -0.39 is 0 Å². The van der Waals surface area contributed by atoms with Crippen LogP contribution in [-0.4, -0.2) is 37.9 Å². The van der Waals surface area contributed by atoms with Crippen LogP contribution in [0.2, 0.25) is 0 Å². The summed E-state index contributed by atoms with van der Waals surface area (Å²) in [6.45, 7) is 2.00. The highest BCUT2D eigenvalue weighted by Crippen LogP contribution is 2.34. The third-order valence-electron chi connectivity index (χ3n) is 3.39. The van der Waals surface area contributed by atoms with Gasteiger partial charge in [0.1, 0.15) is 12.4 Å². The average molecular weight is 328 g/mol. The van der Waals surface area contributed by atoms with Gasteiger partial charge in [-0.3, -0.25) is 9.98 Å². The molecule has 0 bridgehead atoms. The van der Waals surface area contributed by atoms with Gasteiger partial charge < -0.3 is 24.8 Å². The maximum absolute atomic E-state index is 5.70. The summed E-state index contributed by atoms with van der Waals surface area (Å²) in [7, 11) is 1.73. The lowest BCUT2D eigenvalue weighted by molar-refractivity contribution is 0.173. The Labute approximate surface area is 140 Å². The third-order valence-corrected chi connectivity index (χ3v) is 3.39. The second-order valence-corrected chi connectivity index (χ2v) is 5.04. The molecule has 0 unspecified atom stereocenters. The van der Waals surface area contributed by atoms with Gasteiger partial charge in [0.05, 0.1) is 18.8 Å². The van der Waals surface area contributed by atoms with Crippen molar-refractivity contribution in [2.45, 2.75) is 6.54 Å². The number of guanidine groups is 1. The van der Waals surface area contributed by atoms with E-state index in [0.29, 0.717) is 31.4 Å². The minimum atomic E-state index is 0.263. The van der Waals surface area contributed by atoms with Crippen LogP contribution in [0.25, 0.3) is 0 Å². The molecule has 1 aliphatic rings. The fourth-order valence-corrected chi connectivity index (χ4v) is 2.20. The number of fused-ring (bicyclic) bond motifs is 1. The van der Waals surface area contributed by atoms with Gasteiger partial charge >= 0.3 is 0 Å². The number of hydrogen-bond donors (Lipinski definition) is 2. The first kappa shape index (κ1) is 15.9. The van der Waals surface area contributed by atoms with Crippen molar-refractivity contribution in [2.24, 2.45) is 4.99 Å². The zero-order valence-corrected chi connectivity index (χ0v) is 13.5. The van der Waals surface area contributed by atoms with Gasteiger partial charge in [-0.05, 0) is 24.3 Å². The Morgan fingerprint density at radius 3 is 2.96 bits per heavy atom. The van der Waals surface area contributed by atoms with E-state index in [2.05, 4.69) is 20.6 Å². The first-order valence-corrected chi connectivity index (χ1v) is 7.72. The summed E-state index contributed by atoms with van der Waals surface area (Å²) in [5, 5.41) is 6.40. The van der Waals surface area contributed by atoms with Gasteiger partial charge in [-0.15, -0.1) is 0 Å². The molecule has 24 heavy (non-hydrogen) atoms. The van der Waals surface area contributed by atoms with E-state index in [-0.39, 0.29) is 6.79 Å². The molecule has 126 valence electrons. The zero-order valence-electron chi connectivity index (χ0n) is 13.5. The first-order valence-electron chi connectivity index (χ1n) is 7.72. The summed E-state index contributed by atoms with van der Waals surface area (Å²) in [5.74, 6) is 2.92. The summed E-state index contributed by atoms with van der Waals surface area (Å²) >= 11 is 0. The lowest BCUT2D eigenvalue weighted by Gasteiger charge is -2.12. The van der Waals surface area contributed by atoms with Crippen LogP contribution in [0.4, 0.5) is 0 Å². The molecule has 2 aromatic rings. The summed E-state index contributed by atoms with van der Waals surface area (Å²) in [5.41, 5.74) is 0.956. The standard InChI is InChI=1S/C17H20N4O3/c1-18-17(21-11-13-4-2-3-7-19-13)20-8-9-22-14-5-6-15-16(10-14)24-12-23-15/h2-7,10H,8-9,11-12H2,1H3,(H2,18,20,21). The van der Waals surface area contributed by atoms with Gasteiger partial charge in [0.2, 0.25) is 6.79 Å². The van der Waals surface area contributed by atoms with Crippen molar-refractivity contribution in [1.82, 2.24) is 15.6 Å². The van der Waals surface area contributed by atoms with E-state index in [0.717, 1.165) is 17.2 Å². The molecule has 0 atom stereocenters. The normalized spacial score (nSPS) is 12.8. The molecule has 2 heterocycles. The molecule has 1 aromatic heterocycles. The van der Waals surface area contributed by atoms with E-state index in [4.69, 9.17) is 14.2 Å². The lowest BCUT2D eigenvalue weighted by atomic mass is 10.3. The van der Waals surface area contributed by atoms with Crippen LogP contribution in [0, 0.1) is 0 Å². The highest BCUT2D eigenvalue weighted by Gasteiger charge is 2.13. The van der Waals surface area contributed by atoms with E-state index >= 15 is 0 Å². The molecule has 7 heteroatoms. The molecule has 7 nitrogen and oxygen atoms in total. The summed E-state index contributed by atoms with van der Waals surface area (Å²) in [4.78, 5) is 8.43. The molecule has 2 N–H and O–H groups in total. The van der Waals surface area contributed by atoms with Crippen molar-refractivity contribution in [3.8, 4) is 17.2 Å². The SMILES string of the molecule is CN=C(NCCOc1ccc2c(c1)OCO2)NCc1ccccn1. The Kier molecular flexibility index (Phi) is 5.34. The molecular weight excluding hydrogens is 308 g/mol. The summed E-state index contributed by atoms with van der Waals surface area (Å²) in [6, 6.07) is 11.4. The number of nitrogens with one attached hydrogen (secondary N) is 2. The quantitative estimate of drug-likeness (QED) is 0.476. The van der Waals surface area contributed by atoms with Crippen LogP contribution in [0.5, 0.6) is 17.2 Å². The maximum Gasteiger partial charge on any atom is 0.231 e. The highest BCUT2D eigenvalue weighted by molar-refractivity contribution is 5.79. The number of nitrogens with zero attached hydrogens (tertiary/aromatic N) is 2. The van der Waals surface area contributed by atoms with Crippen LogP contribution in [-0.2, 0) is 6.54 Å². The van der Waals surface area contributed by atoms with Gasteiger partial charge in [0.25, 0.3) is 0 Å². The largest absolute Gasteiger partial charge is 0.492 e. The molecule has 1 aromatic carbocycles. The molecule has 0 radical (unpaired) electrons. The van der Waals surface area contributed by atoms with Crippen molar-refractivity contribution in [3.05, 3.63) is 48.3 Å². The predicted molar refractivity (Wildman–Crippen MR) is 90.5 cm³/mol. The Morgan fingerprint density at radius 1 is 1.21 bits per heavy atom. The summed E-state index contributed by atoms with van der Waals surface area (Å²) in [6.07, 6.45) is 1.77. The van der Waals surface area contributed by atoms with Crippen molar-refractivity contribution in [3.63, 3.8) is 0 Å². The number of rotatable bonds is 6. The molecule has 0 fully saturated rings.